The van der Waals surface area contributed by atoms with Crippen LogP contribution in [0.2, 0.25) is 0 Å². The van der Waals surface area contributed by atoms with Gasteiger partial charge in [-0.3, -0.25) is 14.4 Å². The van der Waals surface area contributed by atoms with E-state index in [0.717, 1.165) is 18.7 Å². The molecule has 130 valence electrons. The van der Waals surface area contributed by atoms with Gasteiger partial charge in [-0.2, -0.15) is 0 Å². The van der Waals surface area contributed by atoms with E-state index in [0.29, 0.717) is 16.8 Å². The number of hydrogen-bond donors (Lipinski definition) is 2. The molecule has 1 saturated heterocycles. The Kier molecular flexibility index (Phi) is 5.18. The number of amides is 3. The Morgan fingerprint density at radius 1 is 1.16 bits per heavy atom. The second kappa shape index (κ2) is 7.52. The molecule has 0 unspecified atom stereocenters. The topological polar surface area (TPSA) is 91.7 Å². The van der Waals surface area contributed by atoms with Gasteiger partial charge in [0.1, 0.15) is 0 Å². The van der Waals surface area contributed by atoms with Gasteiger partial charge < -0.3 is 20.0 Å². The maximum absolute atomic E-state index is 11.9. The number of halogens is 1. The first kappa shape index (κ1) is 17.2. The highest BCUT2D eigenvalue weighted by Crippen LogP contribution is 2.23. The summed E-state index contributed by atoms with van der Waals surface area (Å²) in [5.74, 6) is -0.587. The van der Waals surface area contributed by atoms with Crippen molar-refractivity contribution >= 4 is 45.0 Å². The largest absolute Gasteiger partial charge is 0.444 e. The van der Waals surface area contributed by atoms with Gasteiger partial charge in [-0.25, -0.2) is 0 Å². The van der Waals surface area contributed by atoms with E-state index < -0.39 is 5.91 Å². The molecule has 1 aromatic heterocycles. The molecule has 3 rings (SSSR count). The van der Waals surface area contributed by atoms with Gasteiger partial charge in [0.2, 0.25) is 11.8 Å². The highest BCUT2D eigenvalue weighted by Gasteiger charge is 2.21. The Balaban J connectivity index is 1.51. The van der Waals surface area contributed by atoms with Crippen LogP contribution in [-0.4, -0.2) is 30.8 Å². The van der Waals surface area contributed by atoms with E-state index in [-0.39, 0.29) is 24.1 Å². The molecule has 0 bridgehead atoms. The molecule has 1 aliphatic rings. The monoisotopic (exact) mass is 405 g/mol. The lowest BCUT2D eigenvalue weighted by Gasteiger charge is -2.16. The van der Waals surface area contributed by atoms with Crippen LogP contribution in [0.3, 0.4) is 0 Å². The fourth-order valence-corrected chi connectivity index (χ4v) is 2.84. The summed E-state index contributed by atoms with van der Waals surface area (Å²) in [4.78, 5) is 37.2. The van der Waals surface area contributed by atoms with E-state index in [1.54, 1.807) is 35.2 Å². The molecule has 2 heterocycles. The van der Waals surface area contributed by atoms with Crippen LogP contribution in [0.1, 0.15) is 23.4 Å². The predicted octanol–water partition coefficient (Wildman–Crippen LogP) is 2.54. The summed E-state index contributed by atoms with van der Waals surface area (Å²) in [5, 5.41) is 5.16. The van der Waals surface area contributed by atoms with Crippen LogP contribution >= 0.6 is 15.9 Å². The molecular formula is C17H16BrN3O4. The molecule has 2 aromatic rings. The number of anilines is 2. The number of furan rings is 1. The first-order valence-corrected chi connectivity index (χ1v) is 8.56. The van der Waals surface area contributed by atoms with Crippen molar-refractivity contribution in [1.82, 2.24) is 5.32 Å². The third-order valence-corrected chi connectivity index (χ3v) is 4.17. The Bertz CT molecular complexity index is 800. The second-order valence-corrected chi connectivity index (χ2v) is 6.31. The van der Waals surface area contributed by atoms with Crippen molar-refractivity contribution in [3.63, 3.8) is 0 Å². The predicted molar refractivity (Wildman–Crippen MR) is 95.4 cm³/mol. The summed E-state index contributed by atoms with van der Waals surface area (Å²) < 4.78 is 5.55. The van der Waals surface area contributed by atoms with Crippen LogP contribution in [-0.2, 0) is 9.59 Å². The van der Waals surface area contributed by atoms with Gasteiger partial charge >= 0.3 is 0 Å². The Labute approximate surface area is 152 Å². The number of benzene rings is 1. The van der Waals surface area contributed by atoms with Gasteiger partial charge in [0.05, 0.1) is 6.54 Å². The van der Waals surface area contributed by atoms with Crippen molar-refractivity contribution in [3.05, 3.63) is 46.8 Å². The first-order valence-electron chi connectivity index (χ1n) is 7.77. The van der Waals surface area contributed by atoms with Crippen molar-refractivity contribution in [2.75, 3.05) is 23.3 Å². The van der Waals surface area contributed by atoms with Gasteiger partial charge in [0.25, 0.3) is 5.91 Å². The minimum Gasteiger partial charge on any atom is -0.444 e. The number of rotatable bonds is 5. The molecule has 2 N–H and O–H groups in total. The van der Waals surface area contributed by atoms with Crippen molar-refractivity contribution in [3.8, 4) is 0 Å². The van der Waals surface area contributed by atoms with Gasteiger partial charge in [-0.15, -0.1) is 0 Å². The van der Waals surface area contributed by atoms with Crippen molar-refractivity contribution in [2.24, 2.45) is 0 Å². The molecule has 8 heteroatoms. The Morgan fingerprint density at radius 2 is 1.92 bits per heavy atom. The lowest BCUT2D eigenvalue weighted by atomic mass is 10.2. The lowest BCUT2D eigenvalue weighted by molar-refractivity contribution is -0.117. The molecule has 0 spiro atoms. The molecule has 0 saturated carbocycles. The third-order valence-electron chi connectivity index (χ3n) is 3.74. The summed E-state index contributed by atoms with van der Waals surface area (Å²) in [6, 6.07) is 10.1. The Hall–Kier alpha value is -2.61. The van der Waals surface area contributed by atoms with E-state index in [2.05, 4.69) is 26.6 Å². The second-order valence-electron chi connectivity index (χ2n) is 5.53. The van der Waals surface area contributed by atoms with Gasteiger partial charge in [0.15, 0.2) is 10.4 Å². The molecule has 7 nitrogen and oxygen atoms in total. The molecule has 1 aromatic carbocycles. The van der Waals surface area contributed by atoms with Gasteiger partial charge in [-0.05, 0) is 58.7 Å². The SMILES string of the molecule is O=C(CNC(=O)c1ccc(Br)o1)Nc1ccc(N2CCCC2=O)cc1. The normalized spacial score (nSPS) is 13.8. The van der Waals surface area contributed by atoms with E-state index in [9.17, 15) is 14.4 Å². The maximum atomic E-state index is 11.9. The zero-order valence-electron chi connectivity index (χ0n) is 13.3. The van der Waals surface area contributed by atoms with Crippen molar-refractivity contribution in [1.29, 1.82) is 0 Å². The molecular weight excluding hydrogens is 390 g/mol. The Morgan fingerprint density at radius 3 is 2.52 bits per heavy atom. The first-order chi connectivity index (χ1) is 12.0. The smallest absolute Gasteiger partial charge is 0.287 e. The summed E-state index contributed by atoms with van der Waals surface area (Å²) in [6.07, 6.45) is 1.44. The van der Waals surface area contributed by atoms with Crippen LogP contribution in [0.4, 0.5) is 11.4 Å². The quantitative estimate of drug-likeness (QED) is 0.799. The highest BCUT2D eigenvalue weighted by molar-refractivity contribution is 9.10. The lowest BCUT2D eigenvalue weighted by Crippen LogP contribution is -2.32. The van der Waals surface area contributed by atoms with E-state index in [1.165, 1.54) is 6.07 Å². The molecule has 1 aliphatic heterocycles. The van der Waals surface area contributed by atoms with Crippen molar-refractivity contribution in [2.45, 2.75) is 12.8 Å². The summed E-state index contributed by atoms with van der Waals surface area (Å²) in [5.41, 5.74) is 1.41. The molecule has 3 amide bonds. The zero-order valence-corrected chi connectivity index (χ0v) is 14.8. The van der Waals surface area contributed by atoms with Crippen LogP contribution < -0.4 is 15.5 Å². The molecule has 1 fully saturated rings. The number of nitrogens with one attached hydrogen (secondary N) is 2. The summed E-state index contributed by atoms with van der Waals surface area (Å²) in [6.45, 7) is 0.545. The number of carbonyl (C=O) groups excluding carboxylic acids is 3. The average Bonchev–Trinajstić information content (AvgIpc) is 3.22. The van der Waals surface area contributed by atoms with Crippen LogP contribution in [0, 0.1) is 0 Å². The fraction of sp³-hybridized carbons (Fsp3) is 0.235. The van der Waals surface area contributed by atoms with Crippen LogP contribution in [0.5, 0.6) is 0 Å². The van der Waals surface area contributed by atoms with Crippen LogP contribution in [0.25, 0.3) is 0 Å². The molecule has 0 aliphatic carbocycles. The van der Waals surface area contributed by atoms with Crippen molar-refractivity contribution < 1.29 is 18.8 Å². The van der Waals surface area contributed by atoms with E-state index >= 15 is 0 Å². The van der Waals surface area contributed by atoms with Gasteiger partial charge in [-0.1, -0.05) is 0 Å². The van der Waals surface area contributed by atoms with Gasteiger partial charge in [0, 0.05) is 24.3 Å². The summed E-state index contributed by atoms with van der Waals surface area (Å²) in [7, 11) is 0. The zero-order chi connectivity index (χ0) is 17.8. The van der Waals surface area contributed by atoms with Crippen LogP contribution in [0.15, 0.2) is 45.5 Å². The minimum atomic E-state index is -0.469. The average molecular weight is 406 g/mol. The third kappa shape index (κ3) is 4.27. The minimum absolute atomic E-state index is 0.115. The standard InChI is InChI=1S/C17H16BrN3O4/c18-14-8-7-13(25-14)17(24)19-10-15(22)20-11-3-5-12(6-4-11)21-9-1-2-16(21)23/h3-8H,1-2,9-10H2,(H,19,24)(H,20,22). The number of carbonyl (C=O) groups is 3. The highest BCUT2D eigenvalue weighted by atomic mass is 79.9. The molecule has 0 atom stereocenters. The fourth-order valence-electron chi connectivity index (χ4n) is 2.54. The number of nitrogens with zero attached hydrogens (tertiary/aromatic N) is 1. The molecule has 0 radical (unpaired) electrons. The number of hydrogen-bond acceptors (Lipinski definition) is 4. The molecule has 25 heavy (non-hydrogen) atoms. The maximum Gasteiger partial charge on any atom is 0.287 e. The van der Waals surface area contributed by atoms with E-state index in [4.69, 9.17) is 4.42 Å². The summed E-state index contributed by atoms with van der Waals surface area (Å²) >= 11 is 3.11. The van der Waals surface area contributed by atoms with E-state index in [1.807, 2.05) is 0 Å².